The molecule has 0 unspecified atom stereocenters. The monoisotopic (exact) mass is 329 g/mol. The van der Waals surface area contributed by atoms with Gasteiger partial charge < -0.3 is 20.7 Å². The van der Waals surface area contributed by atoms with Gasteiger partial charge in [-0.2, -0.15) is 0 Å². The van der Waals surface area contributed by atoms with Crippen molar-refractivity contribution in [1.29, 1.82) is 0 Å². The van der Waals surface area contributed by atoms with Gasteiger partial charge in [-0.05, 0) is 24.3 Å². The van der Waals surface area contributed by atoms with Crippen molar-refractivity contribution in [2.75, 3.05) is 18.5 Å². The first-order valence-corrected chi connectivity index (χ1v) is 7.43. The third-order valence-corrected chi connectivity index (χ3v) is 3.52. The van der Waals surface area contributed by atoms with E-state index in [9.17, 15) is 14.0 Å². The lowest BCUT2D eigenvalue weighted by atomic mass is 10.1. The lowest BCUT2D eigenvalue weighted by Crippen LogP contribution is -2.42. The van der Waals surface area contributed by atoms with Crippen molar-refractivity contribution in [3.05, 3.63) is 59.9 Å². The largest absolute Gasteiger partial charge is 0.491 e. The molecule has 24 heavy (non-hydrogen) atoms. The van der Waals surface area contributed by atoms with E-state index in [2.05, 4.69) is 16.0 Å². The smallest absolute Gasteiger partial charge is 0.315 e. The highest BCUT2D eigenvalue weighted by molar-refractivity contribution is 5.94. The molecule has 124 valence electrons. The van der Waals surface area contributed by atoms with E-state index in [1.165, 1.54) is 18.2 Å². The Morgan fingerprint density at radius 3 is 2.83 bits per heavy atom. The van der Waals surface area contributed by atoms with Gasteiger partial charge in [0.05, 0.1) is 12.6 Å². The maximum absolute atomic E-state index is 13.0. The van der Waals surface area contributed by atoms with Crippen LogP contribution in [-0.2, 0) is 4.79 Å². The molecule has 0 saturated heterocycles. The first-order valence-electron chi connectivity index (χ1n) is 7.43. The number of nitrogens with one attached hydrogen (secondary N) is 3. The maximum atomic E-state index is 13.0. The Labute approximate surface area is 138 Å². The summed E-state index contributed by atoms with van der Waals surface area (Å²) < 4.78 is 18.5. The number of benzene rings is 2. The molecule has 3 amide bonds. The summed E-state index contributed by atoms with van der Waals surface area (Å²) in [5.74, 6) is -0.149. The first-order chi connectivity index (χ1) is 11.6. The van der Waals surface area contributed by atoms with Crippen LogP contribution in [-0.4, -0.2) is 25.1 Å². The standard InChI is InChI=1S/C17H16FN3O3/c18-11-4-3-5-12(8-11)20-16(22)9-19-17(23)21-14-10-24-15-7-2-1-6-13(14)15/h1-8,14H,9-10H2,(H,20,22)(H2,19,21,23)/t14-/m1/s1. The van der Waals surface area contributed by atoms with Crippen LogP contribution >= 0.6 is 0 Å². The number of hydrogen-bond donors (Lipinski definition) is 3. The second kappa shape index (κ2) is 6.99. The predicted octanol–water partition coefficient (Wildman–Crippen LogP) is 2.20. The molecule has 1 aliphatic heterocycles. The second-order valence-corrected chi connectivity index (χ2v) is 5.29. The summed E-state index contributed by atoms with van der Waals surface area (Å²) in [6, 6.07) is 12.2. The molecule has 0 spiro atoms. The number of para-hydroxylation sites is 1. The van der Waals surface area contributed by atoms with Crippen molar-refractivity contribution >= 4 is 17.6 Å². The van der Waals surface area contributed by atoms with Crippen LogP contribution in [0.4, 0.5) is 14.9 Å². The van der Waals surface area contributed by atoms with Gasteiger partial charge in [0.1, 0.15) is 18.2 Å². The van der Waals surface area contributed by atoms with Crippen LogP contribution in [0.25, 0.3) is 0 Å². The number of hydrogen-bond acceptors (Lipinski definition) is 3. The summed E-state index contributed by atoms with van der Waals surface area (Å²) in [5.41, 5.74) is 1.23. The van der Waals surface area contributed by atoms with E-state index in [4.69, 9.17) is 4.74 Å². The number of anilines is 1. The Hall–Kier alpha value is -3.09. The predicted molar refractivity (Wildman–Crippen MR) is 86.2 cm³/mol. The molecule has 6 nitrogen and oxygen atoms in total. The number of urea groups is 1. The summed E-state index contributed by atoms with van der Waals surface area (Å²) in [6.45, 7) is 0.125. The minimum absolute atomic E-state index is 0.225. The molecule has 3 rings (SSSR count). The number of ether oxygens (including phenoxy) is 1. The third-order valence-electron chi connectivity index (χ3n) is 3.52. The number of halogens is 1. The van der Waals surface area contributed by atoms with Gasteiger partial charge in [-0.15, -0.1) is 0 Å². The number of fused-ring (bicyclic) bond motifs is 1. The van der Waals surface area contributed by atoms with E-state index in [1.807, 2.05) is 24.3 Å². The Balaban J connectivity index is 1.47. The molecule has 0 saturated carbocycles. The van der Waals surface area contributed by atoms with Gasteiger partial charge in [-0.1, -0.05) is 24.3 Å². The van der Waals surface area contributed by atoms with Crippen molar-refractivity contribution in [1.82, 2.24) is 10.6 Å². The van der Waals surface area contributed by atoms with E-state index in [0.717, 1.165) is 11.3 Å². The zero-order valence-corrected chi connectivity index (χ0v) is 12.7. The summed E-state index contributed by atoms with van der Waals surface area (Å²) in [4.78, 5) is 23.7. The lowest BCUT2D eigenvalue weighted by Gasteiger charge is -2.13. The average molecular weight is 329 g/mol. The van der Waals surface area contributed by atoms with Crippen molar-refractivity contribution < 1.29 is 18.7 Å². The van der Waals surface area contributed by atoms with Crippen LogP contribution in [0.2, 0.25) is 0 Å². The molecule has 0 aromatic heterocycles. The Kier molecular flexibility index (Phi) is 4.60. The Bertz CT molecular complexity index is 766. The fourth-order valence-corrected chi connectivity index (χ4v) is 2.42. The zero-order valence-electron chi connectivity index (χ0n) is 12.7. The van der Waals surface area contributed by atoms with Gasteiger partial charge in [-0.3, -0.25) is 4.79 Å². The lowest BCUT2D eigenvalue weighted by molar-refractivity contribution is -0.115. The van der Waals surface area contributed by atoms with Gasteiger partial charge in [0, 0.05) is 11.3 Å². The van der Waals surface area contributed by atoms with E-state index in [-0.39, 0.29) is 12.6 Å². The highest BCUT2D eigenvalue weighted by atomic mass is 19.1. The summed E-state index contributed by atoms with van der Waals surface area (Å²) >= 11 is 0. The van der Waals surface area contributed by atoms with E-state index >= 15 is 0 Å². The minimum atomic E-state index is -0.477. The van der Waals surface area contributed by atoms with Crippen molar-refractivity contribution in [3.63, 3.8) is 0 Å². The quantitative estimate of drug-likeness (QED) is 0.804. The van der Waals surface area contributed by atoms with Crippen LogP contribution in [0.3, 0.4) is 0 Å². The molecule has 2 aromatic rings. The summed E-state index contributed by atoms with van der Waals surface area (Å²) in [7, 11) is 0. The number of carbonyl (C=O) groups is 2. The first kappa shape index (κ1) is 15.8. The third kappa shape index (κ3) is 3.81. The van der Waals surface area contributed by atoms with Crippen molar-refractivity contribution in [2.24, 2.45) is 0 Å². The van der Waals surface area contributed by atoms with Crippen LogP contribution in [0.15, 0.2) is 48.5 Å². The Morgan fingerprint density at radius 2 is 2.00 bits per heavy atom. The maximum Gasteiger partial charge on any atom is 0.315 e. The molecular formula is C17H16FN3O3. The minimum Gasteiger partial charge on any atom is -0.491 e. The van der Waals surface area contributed by atoms with Crippen LogP contribution < -0.4 is 20.7 Å². The highest BCUT2D eigenvalue weighted by Crippen LogP contribution is 2.31. The van der Waals surface area contributed by atoms with Crippen LogP contribution in [0.1, 0.15) is 11.6 Å². The molecule has 0 fully saturated rings. The van der Waals surface area contributed by atoms with E-state index < -0.39 is 17.8 Å². The van der Waals surface area contributed by atoms with Gasteiger partial charge in [0.15, 0.2) is 0 Å². The van der Waals surface area contributed by atoms with E-state index in [1.54, 1.807) is 6.07 Å². The molecule has 7 heteroatoms. The molecule has 0 radical (unpaired) electrons. The van der Waals surface area contributed by atoms with Crippen molar-refractivity contribution in [2.45, 2.75) is 6.04 Å². The molecule has 1 heterocycles. The van der Waals surface area contributed by atoms with Gasteiger partial charge in [0.2, 0.25) is 5.91 Å². The molecule has 1 aliphatic rings. The van der Waals surface area contributed by atoms with Gasteiger partial charge in [-0.25, -0.2) is 9.18 Å². The molecule has 1 atom stereocenters. The van der Waals surface area contributed by atoms with Crippen molar-refractivity contribution in [3.8, 4) is 5.75 Å². The average Bonchev–Trinajstić information content (AvgIpc) is 2.96. The Morgan fingerprint density at radius 1 is 1.17 bits per heavy atom. The molecule has 2 aromatic carbocycles. The summed E-state index contributed by atoms with van der Waals surface area (Å²) in [5, 5.41) is 7.71. The van der Waals surface area contributed by atoms with Gasteiger partial charge in [0.25, 0.3) is 0 Å². The second-order valence-electron chi connectivity index (χ2n) is 5.29. The van der Waals surface area contributed by atoms with E-state index in [0.29, 0.717) is 12.3 Å². The summed E-state index contributed by atoms with van der Waals surface area (Å²) in [6.07, 6.45) is 0. The SMILES string of the molecule is O=C(CNC(=O)N[C@@H]1COc2ccccc21)Nc1cccc(F)c1. The fourth-order valence-electron chi connectivity index (χ4n) is 2.42. The molecule has 0 bridgehead atoms. The normalized spacial score (nSPS) is 15.1. The zero-order chi connectivity index (χ0) is 16.9. The van der Waals surface area contributed by atoms with Gasteiger partial charge >= 0.3 is 6.03 Å². The van der Waals surface area contributed by atoms with Crippen LogP contribution in [0.5, 0.6) is 5.75 Å². The van der Waals surface area contributed by atoms with Crippen LogP contribution in [0, 0.1) is 5.82 Å². The number of amides is 3. The molecule has 3 N–H and O–H groups in total. The number of rotatable bonds is 4. The topological polar surface area (TPSA) is 79.5 Å². The number of carbonyl (C=O) groups excluding carboxylic acids is 2. The molecular weight excluding hydrogens is 313 g/mol. The fraction of sp³-hybridized carbons (Fsp3) is 0.176. The highest BCUT2D eigenvalue weighted by Gasteiger charge is 2.25. The molecule has 0 aliphatic carbocycles.